The van der Waals surface area contributed by atoms with Gasteiger partial charge in [0.25, 0.3) is 5.91 Å². The lowest BCUT2D eigenvalue weighted by Crippen LogP contribution is -2.41. The number of ether oxygens (including phenoxy) is 1. The first kappa shape index (κ1) is 16.7. The van der Waals surface area contributed by atoms with Crippen LogP contribution in [0.1, 0.15) is 10.4 Å². The maximum absolute atomic E-state index is 11.5. The molecule has 0 aliphatic heterocycles. The molecule has 7 heteroatoms. The number of thiophene rings is 1. The lowest BCUT2D eigenvalue weighted by molar-refractivity contribution is -0.147. The van der Waals surface area contributed by atoms with Crippen molar-refractivity contribution in [2.45, 2.75) is 13.0 Å². The van der Waals surface area contributed by atoms with Gasteiger partial charge in [0.2, 0.25) is 0 Å². The van der Waals surface area contributed by atoms with Gasteiger partial charge in [-0.2, -0.15) is 0 Å². The highest BCUT2D eigenvalue weighted by Gasteiger charge is 2.11. The fraction of sp³-hybridized carbons (Fsp3) is 0.188. The molecule has 2 N–H and O–H groups in total. The molecule has 0 bridgehead atoms. The van der Waals surface area contributed by atoms with Gasteiger partial charge in [-0.05, 0) is 17.0 Å². The molecule has 0 spiro atoms. The summed E-state index contributed by atoms with van der Waals surface area (Å²) in [4.78, 5) is 35.4. The third-order valence-electron chi connectivity index (χ3n) is 2.81. The summed E-state index contributed by atoms with van der Waals surface area (Å²) in [5, 5.41) is 6.50. The van der Waals surface area contributed by atoms with Crippen LogP contribution >= 0.6 is 11.3 Å². The van der Waals surface area contributed by atoms with Crippen molar-refractivity contribution in [2.24, 2.45) is 0 Å². The van der Waals surface area contributed by atoms with Gasteiger partial charge in [0.1, 0.15) is 0 Å². The summed E-state index contributed by atoms with van der Waals surface area (Å²) in [7, 11) is 0. The van der Waals surface area contributed by atoms with Crippen LogP contribution in [-0.2, 0) is 27.3 Å². The van der Waals surface area contributed by atoms with E-state index in [9.17, 15) is 14.4 Å². The molecular formula is C16H16N2O4S. The van der Waals surface area contributed by atoms with Crippen LogP contribution in [0.4, 0.5) is 4.79 Å². The molecule has 6 nitrogen and oxygen atoms in total. The molecule has 1 aromatic carbocycles. The average molecular weight is 332 g/mol. The number of benzene rings is 1. The van der Waals surface area contributed by atoms with Gasteiger partial charge in [-0.3, -0.25) is 14.9 Å². The summed E-state index contributed by atoms with van der Waals surface area (Å²) in [5.74, 6) is -1.18. The zero-order chi connectivity index (χ0) is 16.5. The average Bonchev–Trinajstić information content (AvgIpc) is 3.05. The van der Waals surface area contributed by atoms with Crippen LogP contribution in [0, 0.1) is 0 Å². The molecular weight excluding hydrogens is 316 g/mol. The molecule has 0 aliphatic rings. The quantitative estimate of drug-likeness (QED) is 0.791. The van der Waals surface area contributed by atoms with Gasteiger partial charge in [-0.1, -0.05) is 36.4 Å². The molecule has 0 aliphatic carbocycles. The van der Waals surface area contributed by atoms with E-state index < -0.39 is 24.5 Å². The van der Waals surface area contributed by atoms with Gasteiger partial charge in [-0.25, -0.2) is 4.79 Å². The SMILES string of the molecule is O=C(COC(=O)Cc1cccs1)NC(=O)NCc1ccccc1. The second kappa shape index (κ2) is 8.70. The molecule has 0 radical (unpaired) electrons. The second-order valence-corrected chi connectivity index (χ2v) is 5.67. The Morgan fingerprint density at radius 1 is 1.04 bits per heavy atom. The molecule has 3 amide bonds. The molecule has 0 fully saturated rings. The predicted molar refractivity (Wildman–Crippen MR) is 85.8 cm³/mol. The lowest BCUT2D eigenvalue weighted by atomic mass is 10.2. The van der Waals surface area contributed by atoms with Gasteiger partial charge < -0.3 is 10.1 Å². The largest absolute Gasteiger partial charge is 0.455 e. The number of rotatable bonds is 6. The summed E-state index contributed by atoms with van der Waals surface area (Å²) in [6.45, 7) is -0.179. The van der Waals surface area contributed by atoms with E-state index in [0.29, 0.717) is 6.54 Å². The fourth-order valence-corrected chi connectivity index (χ4v) is 2.43. The lowest BCUT2D eigenvalue weighted by Gasteiger charge is -2.07. The first-order valence-corrected chi connectivity index (χ1v) is 7.81. The zero-order valence-electron chi connectivity index (χ0n) is 12.3. The highest BCUT2D eigenvalue weighted by molar-refractivity contribution is 7.10. The maximum atomic E-state index is 11.5. The highest BCUT2D eigenvalue weighted by Crippen LogP contribution is 2.09. The monoisotopic (exact) mass is 332 g/mol. The van der Waals surface area contributed by atoms with Crippen LogP contribution in [-0.4, -0.2) is 24.5 Å². The van der Waals surface area contributed by atoms with Gasteiger partial charge >= 0.3 is 12.0 Å². The predicted octanol–water partition coefficient (Wildman–Crippen LogP) is 1.86. The van der Waals surface area contributed by atoms with Crippen molar-refractivity contribution in [3.8, 4) is 0 Å². The van der Waals surface area contributed by atoms with Crippen molar-refractivity contribution in [3.63, 3.8) is 0 Å². The van der Waals surface area contributed by atoms with E-state index in [1.54, 1.807) is 0 Å². The van der Waals surface area contributed by atoms with Gasteiger partial charge in [-0.15, -0.1) is 11.3 Å². The van der Waals surface area contributed by atoms with Crippen LogP contribution in [0.3, 0.4) is 0 Å². The van der Waals surface area contributed by atoms with Crippen molar-refractivity contribution in [1.82, 2.24) is 10.6 Å². The first-order valence-electron chi connectivity index (χ1n) is 6.93. The Morgan fingerprint density at radius 2 is 1.83 bits per heavy atom. The second-order valence-electron chi connectivity index (χ2n) is 4.63. The van der Waals surface area contributed by atoms with Crippen LogP contribution in [0.25, 0.3) is 0 Å². The first-order chi connectivity index (χ1) is 11.1. The van der Waals surface area contributed by atoms with Crippen LogP contribution in [0.5, 0.6) is 0 Å². The van der Waals surface area contributed by atoms with Crippen LogP contribution in [0.15, 0.2) is 47.8 Å². The number of amides is 3. The topological polar surface area (TPSA) is 84.5 Å². The fourth-order valence-electron chi connectivity index (χ4n) is 1.74. The zero-order valence-corrected chi connectivity index (χ0v) is 13.1. The number of imide groups is 1. The summed E-state index contributed by atoms with van der Waals surface area (Å²) in [6.07, 6.45) is 0.116. The van der Waals surface area contributed by atoms with Crippen LogP contribution in [0.2, 0.25) is 0 Å². The van der Waals surface area contributed by atoms with E-state index in [1.807, 2.05) is 47.8 Å². The molecule has 0 saturated heterocycles. The minimum absolute atomic E-state index is 0.116. The maximum Gasteiger partial charge on any atom is 0.321 e. The number of hydrogen-bond donors (Lipinski definition) is 2. The third-order valence-corrected chi connectivity index (χ3v) is 3.69. The van der Waals surface area contributed by atoms with Gasteiger partial charge in [0.15, 0.2) is 6.61 Å². The summed E-state index contributed by atoms with van der Waals surface area (Å²) < 4.78 is 4.82. The Labute approximate surface area is 137 Å². The third kappa shape index (κ3) is 6.31. The van der Waals surface area contributed by atoms with Gasteiger partial charge in [0, 0.05) is 11.4 Å². The Balaban J connectivity index is 1.64. The van der Waals surface area contributed by atoms with Crippen molar-refractivity contribution >= 4 is 29.2 Å². The number of carbonyl (C=O) groups is 3. The Hall–Kier alpha value is -2.67. The number of carbonyl (C=O) groups excluding carboxylic acids is 3. The Morgan fingerprint density at radius 3 is 2.52 bits per heavy atom. The molecule has 0 saturated carbocycles. The van der Waals surface area contributed by atoms with Crippen molar-refractivity contribution in [3.05, 3.63) is 58.3 Å². The molecule has 2 aromatic rings. The standard InChI is InChI=1S/C16H16N2O4S/c19-14(11-22-15(20)9-13-7-4-8-23-13)18-16(21)17-10-12-5-2-1-3-6-12/h1-8H,9-11H2,(H2,17,18,19,21). The van der Waals surface area contributed by atoms with E-state index in [0.717, 1.165) is 10.4 Å². The van der Waals surface area contributed by atoms with Gasteiger partial charge in [0.05, 0.1) is 6.42 Å². The van der Waals surface area contributed by atoms with Crippen molar-refractivity contribution < 1.29 is 19.1 Å². The van der Waals surface area contributed by atoms with E-state index in [2.05, 4.69) is 10.6 Å². The normalized spacial score (nSPS) is 9.91. The molecule has 23 heavy (non-hydrogen) atoms. The molecule has 0 unspecified atom stereocenters. The van der Waals surface area contributed by atoms with E-state index in [-0.39, 0.29) is 6.42 Å². The Kier molecular flexibility index (Phi) is 6.31. The highest BCUT2D eigenvalue weighted by atomic mass is 32.1. The molecule has 0 atom stereocenters. The minimum atomic E-state index is -0.671. The minimum Gasteiger partial charge on any atom is -0.455 e. The molecule has 2 rings (SSSR count). The van der Waals surface area contributed by atoms with Crippen molar-refractivity contribution in [1.29, 1.82) is 0 Å². The van der Waals surface area contributed by atoms with Crippen molar-refractivity contribution in [2.75, 3.05) is 6.61 Å². The molecule has 1 heterocycles. The molecule has 120 valence electrons. The smallest absolute Gasteiger partial charge is 0.321 e. The summed E-state index contributed by atoms with van der Waals surface area (Å²) in [5.41, 5.74) is 0.914. The number of esters is 1. The summed E-state index contributed by atoms with van der Waals surface area (Å²) >= 11 is 1.44. The Bertz CT molecular complexity index is 656. The van der Waals surface area contributed by atoms with E-state index >= 15 is 0 Å². The number of hydrogen-bond acceptors (Lipinski definition) is 5. The molecule has 1 aromatic heterocycles. The van der Waals surface area contributed by atoms with E-state index in [4.69, 9.17) is 4.74 Å². The summed E-state index contributed by atoms with van der Waals surface area (Å²) in [6, 6.07) is 12.3. The van der Waals surface area contributed by atoms with E-state index in [1.165, 1.54) is 11.3 Å². The number of urea groups is 1. The van der Waals surface area contributed by atoms with Crippen LogP contribution < -0.4 is 10.6 Å². The number of nitrogens with one attached hydrogen (secondary N) is 2.